The summed E-state index contributed by atoms with van der Waals surface area (Å²) >= 11 is 7.61. The molecule has 0 atom stereocenters. The minimum atomic E-state index is -0.555. The lowest BCUT2D eigenvalue weighted by Crippen LogP contribution is -2.51. The highest BCUT2D eigenvalue weighted by atomic mass is 35.5. The number of esters is 1. The van der Waals surface area contributed by atoms with Crippen molar-refractivity contribution in [3.8, 4) is 5.75 Å². The highest BCUT2D eigenvalue weighted by Crippen LogP contribution is 2.42. The fourth-order valence-electron chi connectivity index (χ4n) is 4.07. The molecule has 0 unspecified atom stereocenters. The second-order valence-electron chi connectivity index (χ2n) is 7.78. The topological polar surface area (TPSA) is 81.6 Å². The van der Waals surface area contributed by atoms with Gasteiger partial charge in [0.15, 0.2) is 10.9 Å². The molecule has 1 spiro atoms. The zero-order valence-electron chi connectivity index (χ0n) is 17.7. The van der Waals surface area contributed by atoms with Gasteiger partial charge in [0.2, 0.25) is 0 Å². The van der Waals surface area contributed by atoms with Crippen LogP contribution in [0.3, 0.4) is 0 Å². The highest BCUT2D eigenvalue weighted by molar-refractivity contribution is 7.98. The van der Waals surface area contributed by atoms with Crippen LogP contribution in [0.5, 0.6) is 5.75 Å². The van der Waals surface area contributed by atoms with Crippen LogP contribution in [0.25, 0.3) is 0 Å². The third kappa shape index (κ3) is 4.23. The summed E-state index contributed by atoms with van der Waals surface area (Å²) in [4.78, 5) is 36.1. The van der Waals surface area contributed by atoms with E-state index < -0.39 is 11.6 Å². The Balaban J connectivity index is 1.57. The number of aromatic nitrogens is 2. The summed E-state index contributed by atoms with van der Waals surface area (Å²) in [5.74, 6) is 0.787. The largest absolute Gasteiger partial charge is 0.486 e. The molecule has 1 aromatic carbocycles. The number of aryl methyl sites for hydroxylation is 1. The molecule has 2 aliphatic heterocycles. The van der Waals surface area contributed by atoms with Gasteiger partial charge in [-0.15, -0.1) is 0 Å². The molecular weight excluding hydrogens is 438 g/mol. The summed E-state index contributed by atoms with van der Waals surface area (Å²) in [7, 11) is 0. The van der Waals surface area contributed by atoms with Crippen LogP contribution in [-0.4, -0.2) is 53.3 Å². The van der Waals surface area contributed by atoms with Gasteiger partial charge >= 0.3 is 5.97 Å². The molecule has 3 heterocycles. The van der Waals surface area contributed by atoms with Crippen molar-refractivity contribution in [2.24, 2.45) is 0 Å². The van der Waals surface area contributed by atoms with Crippen LogP contribution >= 0.6 is 23.4 Å². The summed E-state index contributed by atoms with van der Waals surface area (Å²) in [6, 6.07) is 3.55. The van der Waals surface area contributed by atoms with Gasteiger partial charge in [0.1, 0.15) is 22.7 Å². The van der Waals surface area contributed by atoms with E-state index in [1.165, 1.54) is 18.0 Å². The molecule has 1 fully saturated rings. The zero-order valence-corrected chi connectivity index (χ0v) is 19.3. The maximum Gasteiger partial charge on any atom is 0.343 e. The SMILES string of the molecule is CCOC(=O)c1cnc(SC)nc1N1CCC2(CC1)CC(=O)c1cc(Cl)c(C)cc1O2. The average Bonchev–Trinajstić information content (AvgIpc) is 2.75. The molecule has 4 rings (SSSR count). The minimum absolute atomic E-state index is 0.0514. The summed E-state index contributed by atoms with van der Waals surface area (Å²) in [6.07, 6.45) is 5.01. The number of rotatable bonds is 4. The van der Waals surface area contributed by atoms with Gasteiger partial charge in [-0.05, 0) is 37.8 Å². The van der Waals surface area contributed by atoms with Crippen LogP contribution < -0.4 is 9.64 Å². The first-order valence-electron chi connectivity index (χ1n) is 10.2. The van der Waals surface area contributed by atoms with Gasteiger partial charge in [0.05, 0.1) is 18.6 Å². The van der Waals surface area contributed by atoms with E-state index >= 15 is 0 Å². The summed E-state index contributed by atoms with van der Waals surface area (Å²) in [6.45, 7) is 5.16. The highest BCUT2D eigenvalue weighted by Gasteiger charge is 2.43. The Bertz CT molecular complexity index is 1040. The van der Waals surface area contributed by atoms with Crippen molar-refractivity contribution < 1.29 is 19.1 Å². The van der Waals surface area contributed by atoms with E-state index in [0.717, 1.165) is 5.56 Å². The maximum atomic E-state index is 12.8. The van der Waals surface area contributed by atoms with Crippen LogP contribution in [0.15, 0.2) is 23.5 Å². The number of benzene rings is 1. The number of Topliss-reactive ketones (excluding diaryl/α,β-unsaturated/α-hetero) is 1. The third-order valence-corrected chi connectivity index (χ3v) is 6.74. The van der Waals surface area contributed by atoms with Crippen molar-refractivity contribution in [3.63, 3.8) is 0 Å². The third-order valence-electron chi connectivity index (χ3n) is 5.77. The van der Waals surface area contributed by atoms with Crippen LogP contribution in [0.4, 0.5) is 5.82 Å². The first-order chi connectivity index (χ1) is 14.9. The molecule has 0 bridgehead atoms. The summed E-state index contributed by atoms with van der Waals surface area (Å²) in [5.41, 5.74) is 1.23. The molecule has 2 aromatic rings. The van der Waals surface area contributed by atoms with Crippen LogP contribution in [-0.2, 0) is 4.74 Å². The lowest BCUT2D eigenvalue weighted by atomic mass is 9.82. The quantitative estimate of drug-likeness (QED) is 0.378. The molecular formula is C22H24ClN3O4S. The monoisotopic (exact) mass is 461 g/mol. The molecule has 0 radical (unpaired) electrons. The number of nitrogens with zero attached hydrogens (tertiary/aromatic N) is 3. The molecule has 0 saturated carbocycles. The molecule has 0 N–H and O–H groups in total. The lowest BCUT2D eigenvalue weighted by molar-refractivity contribution is 0.0230. The minimum Gasteiger partial charge on any atom is -0.486 e. The first kappa shape index (κ1) is 21.9. The molecule has 31 heavy (non-hydrogen) atoms. The summed E-state index contributed by atoms with van der Waals surface area (Å²) < 4.78 is 11.6. The summed E-state index contributed by atoms with van der Waals surface area (Å²) in [5, 5.41) is 1.16. The number of hydrogen-bond acceptors (Lipinski definition) is 8. The number of ketones is 1. The van der Waals surface area contributed by atoms with E-state index in [1.54, 1.807) is 13.0 Å². The number of piperidine rings is 1. The second kappa shape index (κ2) is 8.67. The molecule has 2 aliphatic rings. The Hall–Kier alpha value is -2.32. The van der Waals surface area contributed by atoms with Gasteiger partial charge < -0.3 is 14.4 Å². The molecule has 1 saturated heterocycles. The van der Waals surface area contributed by atoms with E-state index in [2.05, 4.69) is 14.9 Å². The number of halogens is 1. The Morgan fingerprint density at radius 1 is 1.35 bits per heavy atom. The number of hydrogen-bond donors (Lipinski definition) is 0. The van der Waals surface area contributed by atoms with Crippen molar-refractivity contribution in [3.05, 3.63) is 40.0 Å². The van der Waals surface area contributed by atoms with E-state index in [9.17, 15) is 9.59 Å². The van der Waals surface area contributed by atoms with Gasteiger partial charge in [-0.1, -0.05) is 23.4 Å². The van der Waals surface area contributed by atoms with Crippen molar-refractivity contribution in [2.45, 2.75) is 43.9 Å². The molecule has 0 aliphatic carbocycles. The normalized spacial score (nSPS) is 17.3. The molecule has 0 amide bonds. The van der Waals surface area contributed by atoms with Crippen molar-refractivity contribution >= 4 is 40.9 Å². The van der Waals surface area contributed by atoms with Crippen molar-refractivity contribution in [1.82, 2.24) is 9.97 Å². The molecule has 9 heteroatoms. The zero-order chi connectivity index (χ0) is 22.2. The number of carbonyl (C=O) groups is 2. The average molecular weight is 462 g/mol. The standard InChI is InChI=1S/C22H24ClN3O4S/c1-4-29-20(28)15-12-24-21(31-3)25-19(15)26-7-5-22(6-8-26)11-17(27)14-10-16(23)13(2)9-18(14)30-22/h9-10,12H,4-8,11H2,1-3H3. The number of ether oxygens (including phenoxy) is 2. The molecule has 1 aromatic heterocycles. The molecule has 164 valence electrons. The van der Waals surface area contributed by atoms with E-state index in [1.807, 2.05) is 19.2 Å². The predicted molar refractivity (Wildman–Crippen MR) is 120 cm³/mol. The van der Waals surface area contributed by atoms with Crippen molar-refractivity contribution in [2.75, 3.05) is 30.9 Å². The Morgan fingerprint density at radius 2 is 2.10 bits per heavy atom. The van der Waals surface area contributed by atoms with E-state index in [0.29, 0.717) is 65.2 Å². The number of thioether (sulfide) groups is 1. The molecule has 7 nitrogen and oxygen atoms in total. The van der Waals surface area contributed by atoms with Gasteiger partial charge in [-0.3, -0.25) is 4.79 Å². The Morgan fingerprint density at radius 3 is 2.77 bits per heavy atom. The number of carbonyl (C=O) groups excluding carboxylic acids is 2. The van der Waals surface area contributed by atoms with Crippen LogP contribution in [0, 0.1) is 6.92 Å². The smallest absolute Gasteiger partial charge is 0.343 e. The van der Waals surface area contributed by atoms with Gasteiger partial charge in [0, 0.05) is 37.2 Å². The van der Waals surface area contributed by atoms with Crippen LogP contribution in [0.1, 0.15) is 52.5 Å². The van der Waals surface area contributed by atoms with Gasteiger partial charge in [-0.2, -0.15) is 0 Å². The first-order valence-corrected chi connectivity index (χ1v) is 11.8. The Labute approximate surface area is 190 Å². The van der Waals surface area contributed by atoms with Gasteiger partial charge in [0.25, 0.3) is 0 Å². The predicted octanol–water partition coefficient (Wildman–Crippen LogP) is 4.34. The van der Waals surface area contributed by atoms with Crippen LogP contribution in [0.2, 0.25) is 5.02 Å². The second-order valence-corrected chi connectivity index (χ2v) is 8.96. The van der Waals surface area contributed by atoms with Crippen molar-refractivity contribution in [1.29, 1.82) is 0 Å². The number of anilines is 1. The maximum absolute atomic E-state index is 12.8. The Kier molecular flexibility index (Phi) is 6.12. The number of fused-ring (bicyclic) bond motifs is 1. The lowest BCUT2D eigenvalue weighted by Gasteiger charge is -2.44. The fraction of sp³-hybridized carbons (Fsp3) is 0.455. The van der Waals surface area contributed by atoms with E-state index in [-0.39, 0.29) is 12.4 Å². The van der Waals surface area contributed by atoms with E-state index in [4.69, 9.17) is 21.1 Å². The fourth-order valence-corrected chi connectivity index (χ4v) is 4.57. The van der Waals surface area contributed by atoms with Gasteiger partial charge in [-0.25, -0.2) is 14.8 Å².